The Bertz CT molecular complexity index is 283. The molecular weight excluding hydrogens is 192 g/mol. The molecule has 62 valence electrons. The summed E-state index contributed by atoms with van der Waals surface area (Å²) in [6.07, 6.45) is 0. The largest absolute Gasteiger partial charge is 0.499 e. The fourth-order valence-electron chi connectivity index (χ4n) is 0.755. The van der Waals surface area contributed by atoms with Crippen LogP contribution in [0.25, 0.3) is 0 Å². The van der Waals surface area contributed by atoms with Gasteiger partial charge in [-0.1, -0.05) is 0 Å². The van der Waals surface area contributed by atoms with Gasteiger partial charge in [0.15, 0.2) is 10.1 Å². The van der Waals surface area contributed by atoms with Crippen LogP contribution in [0.1, 0.15) is 11.1 Å². The predicted octanol–water partition coefficient (Wildman–Crippen LogP) is 2.15. The van der Waals surface area contributed by atoms with E-state index < -0.39 is 0 Å². The summed E-state index contributed by atoms with van der Waals surface area (Å²) in [4.78, 5) is 0. The molecule has 2 nitrogen and oxygen atoms in total. The zero-order chi connectivity index (χ0) is 9.14. The Morgan fingerprint density at radius 3 is 1.25 bits per heavy atom. The Morgan fingerprint density at radius 1 is 0.833 bits per heavy atom. The Balaban J connectivity index is 3.01. The van der Waals surface area contributed by atoms with Crippen LogP contribution in [0, 0.1) is 0 Å². The van der Waals surface area contributed by atoms with E-state index in [0.29, 0.717) is 11.1 Å². The van der Waals surface area contributed by atoms with Crippen LogP contribution < -0.4 is 0 Å². The fraction of sp³-hybridized carbons (Fsp3) is 0. The number of thiocarbonyl (C=S) groups is 2. The molecule has 1 aromatic carbocycles. The molecule has 12 heavy (non-hydrogen) atoms. The van der Waals surface area contributed by atoms with Crippen molar-refractivity contribution in [2.75, 3.05) is 0 Å². The number of benzene rings is 1. The molecule has 0 fully saturated rings. The lowest BCUT2D eigenvalue weighted by Crippen LogP contribution is -1.97. The minimum atomic E-state index is -0.162. The van der Waals surface area contributed by atoms with Crippen molar-refractivity contribution >= 4 is 34.5 Å². The van der Waals surface area contributed by atoms with Gasteiger partial charge in [-0.2, -0.15) is 0 Å². The number of aliphatic hydroxyl groups excluding tert-OH is 2. The highest BCUT2D eigenvalue weighted by Gasteiger charge is 2.00. The molecule has 0 atom stereocenters. The highest BCUT2D eigenvalue weighted by Crippen LogP contribution is 2.05. The van der Waals surface area contributed by atoms with Crippen LogP contribution in [0.4, 0.5) is 0 Å². The Hall–Kier alpha value is -1.00. The second-order valence-corrected chi connectivity index (χ2v) is 2.96. The molecule has 4 heteroatoms. The van der Waals surface area contributed by atoms with Gasteiger partial charge in [-0.3, -0.25) is 0 Å². The third kappa shape index (κ3) is 1.99. The minimum absolute atomic E-state index is 0.162. The zero-order valence-corrected chi connectivity index (χ0v) is 7.65. The van der Waals surface area contributed by atoms with E-state index in [0.717, 1.165) is 0 Å². The highest BCUT2D eigenvalue weighted by atomic mass is 32.1. The predicted molar refractivity (Wildman–Crippen MR) is 55.1 cm³/mol. The highest BCUT2D eigenvalue weighted by molar-refractivity contribution is 7.80. The van der Waals surface area contributed by atoms with Crippen molar-refractivity contribution in [3.05, 3.63) is 35.4 Å². The van der Waals surface area contributed by atoms with E-state index in [4.69, 9.17) is 10.2 Å². The Kier molecular flexibility index (Phi) is 2.73. The van der Waals surface area contributed by atoms with E-state index in [1.807, 2.05) is 0 Å². The molecule has 1 rings (SSSR count). The molecule has 1 aromatic rings. The smallest absolute Gasteiger partial charge is 0.188 e. The average molecular weight is 198 g/mol. The first-order valence-corrected chi connectivity index (χ1v) is 3.99. The number of aliphatic hydroxyl groups is 2. The lowest BCUT2D eigenvalue weighted by molar-refractivity contribution is 0.569. The number of rotatable bonds is 2. The molecule has 2 N–H and O–H groups in total. The number of hydrogen-bond donors (Lipinski definition) is 2. The second-order valence-electron chi connectivity index (χ2n) is 2.19. The van der Waals surface area contributed by atoms with Crippen molar-refractivity contribution in [2.24, 2.45) is 0 Å². The van der Waals surface area contributed by atoms with Crippen LogP contribution in [0.15, 0.2) is 24.3 Å². The van der Waals surface area contributed by atoms with Crippen LogP contribution in [0.3, 0.4) is 0 Å². The molecule has 0 heterocycles. The normalized spacial score (nSPS) is 9.33. The average Bonchev–Trinajstić information content (AvgIpc) is 2.04. The van der Waals surface area contributed by atoms with Gasteiger partial charge in [-0.15, -0.1) is 0 Å². The third-order valence-corrected chi connectivity index (χ3v) is 1.85. The van der Waals surface area contributed by atoms with E-state index in [2.05, 4.69) is 24.4 Å². The van der Waals surface area contributed by atoms with Gasteiger partial charge < -0.3 is 10.2 Å². The first kappa shape index (κ1) is 9.09. The first-order valence-electron chi connectivity index (χ1n) is 3.18. The maximum atomic E-state index is 8.89. The van der Waals surface area contributed by atoms with Crippen LogP contribution >= 0.6 is 24.4 Å². The van der Waals surface area contributed by atoms with Crippen LogP contribution in [0.2, 0.25) is 0 Å². The van der Waals surface area contributed by atoms with E-state index in [9.17, 15) is 0 Å². The van der Waals surface area contributed by atoms with Crippen molar-refractivity contribution in [1.82, 2.24) is 0 Å². The molecule has 0 bridgehead atoms. The summed E-state index contributed by atoms with van der Waals surface area (Å²) in [7, 11) is 0. The van der Waals surface area contributed by atoms with E-state index in [-0.39, 0.29) is 10.1 Å². The summed E-state index contributed by atoms with van der Waals surface area (Å²) in [5, 5.41) is 17.5. The van der Waals surface area contributed by atoms with Crippen molar-refractivity contribution in [3.63, 3.8) is 0 Å². The molecule has 0 radical (unpaired) electrons. The molecule has 0 amide bonds. The van der Waals surface area contributed by atoms with Crippen LogP contribution in [-0.2, 0) is 0 Å². The first-order chi connectivity index (χ1) is 5.61. The van der Waals surface area contributed by atoms with E-state index in [1.54, 1.807) is 24.3 Å². The second kappa shape index (κ2) is 3.60. The lowest BCUT2D eigenvalue weighted by atomic mass is 10.1. The lowest BCUT2D eigenvalue weighted by Gasteiger charge is -1.98. The summed E-state index contributed by atoms with van der Waals surface area (Å²) < 4.78 is 0. The third-order valence-electron chi connectivity index (χ3n) is 1.38. The van der Waals surface area contributed by atoms with Gasteiger partial charge >= 0.3 is 0 Å². The summed E-state index contributed by atoms with van der Waals surface area (Å²) in [5.74, 6) is 0. The van der Waals surface area contributed by atoms with Gasteiger partial charge in [0, 0.05) is 11.1 Å². The quantitative estimate of drug-likeness (QED) is 0.714. The molecular formula is C8H6O2S2. The molecule has 0 aliphatic carbocycles. The summed E-state index contributed by atoms with van der Waals surface area (Å²) in [6.45, 7) is 0. The standard InChI is InChI=1S/C8H6O2S2/c9-7(11)5-1-2-6(4-3-5)8(10)12/h1-4H,(H,9,11)(H,10,12). The van der Waals surface area contributed by atoms with Gasteiger partial charge in [0.2, 0.25) is 0 Å². The van der Waals surface area contributed by atoms with Crippen molar-refractivity contribution in [3.8, 4) is 0 Å². The maximum absolute atomic E-state index is 8.89. The molecule has 0 aliphatic heterocycles. The molecule has 0 spiro atoms. The summed E-state index contributed by atoms with van der Waals surface area (Å²) >= 11 is 9.06. The van der Waals surface area contributed by atoms with Crippen LogP contribution in [0.5, 0.6) is 0 Å². The van der Waals surface area contributed by atoms with Gasteiger partial charge in [0.1, 0.15) is 0 Å². The van der Waals surface area contributed by atoms with Crippen LogP contribution in [-0.4, -0.2) is 20.3 Å². The van der Waals surface area contributed by atoms with Gasteiger partial charge in [0.25, 0.3) is 0 Å². The SMILES string of the molecule is OC(=S)c1ccc(C(O)=S)cc1. The monoisotopic (exact) mass is 198 g/mol. The minimum Gasteiger partial charge on any atom is -0.499 e. The van der Waals surface area contributed by atoms with Crippen molar-refractivity contribution in [2.45, 2.75) is 0 Å². The Labute approximate surface area is 80.5 Å². The summed E-state index contributed by atoms with van der Waals surface area (Å²) in [6, 6.07) is 6.39. The Morgan fingerprint density at radius 2 is 1.08 bits per heavy atom. The molecule has 0 saturated heterocycles. The van der Waals surface area contributed by atoms with E-state index in [1.165, 1.54) is 0 Å². The zero-order valence-electron chi connectivity index (χ0n) is 6.02. The maximum Gasteiger partial charge on any atom is 0.188 e. The molecule has 0 aromatic heterocycles. The van der Waals surface area contributed by atoms with E-state index >= 15 is 0 Å². The fourth-order valence-corrected chi connectivity index (χ4v) is 1.03. The molecule has 0 saturated carbocycles. The topological polar surface area (TPSA) is 40.5 Å². The van der Waals surface area contributed by atoms with Gasteiger partial charge in [-0.05, 0) is 48.7 Å². The van der Waals surface area contributed by atoms with Crippen molar-refractivity contribution < 1.29 is 10.2 Å². The van der Waals surface area contributed by atoms with Gasteiger partial charge in [-0.25, -0.2) is 0 Å². The van der Waals surface area contributed by atoms with Gasteiger partial charge in [0.05, 0.1) is 0 Å². The molecule has 0 aliphatic rings. The molecule has 0 unspecified atom stereocenters. The number of hydrogen-bond acceptors (Lipinski definition) is 2. The van der Waals surface area contributed by atoms with Crippen molar-refractivity contribution in [1.29, 1.82) is 0 Å². The summed E-state index contributed by atoms with van der Waals surface area (Å²) in [5.41, 5.74) is 1.09.